The molecule has 19 heavy (non-hydrogen) atoms. The minimum atomic E-state index is -0.0552. The highest BCUT2D eigenvalue weighted by molar-refractivity contribution is 5.96. The van der Waals surface area contributed by atoms with E-state index >= 15 is 0 Å². The van der Waals surface area contributed by atoms with Crippen LogP contribution in [-0.4, -0.2) is 42.6 Å². The topological polar surface area (TPSA) is 52.6 Å². The van der Waals surface area contributed by atoms with Crippen molar-refractivity contribution in [2.75, 3.05) is 26.7 Å². The van der Waals surface area contributed by atoms with E-state index in [0.29, 0.717) is 11.5 Å². The molecule has 4 nitrogen and oxygen atoms in total. The van der Waals surface area contributed by atoms with E-state index in [4.69, 9.17) is 0 Å². The van der Waals surface area contributed by atoms with Gasteiger partial charge in [-0.2, -0.15) is 0 Å². The number of carbonyl (C=O) groups is 1. The first-order valence-corrected chi connectivity index (χ1v) is 6.85. The summed E-state index contributed by atoms with van der Waals surface area (Å²) in [6.45, 7) is 4.46. The molecule has 2 N–H and O–H groups in total. The average Bonchev–Trinajstić information content (AvgIpc) is 2.39. The Hall–Kier alpha value is -1.55. The molecule has 104 valence electrons. The zero-order valence-corrected chi connectivity index (χ0v) is 11.6. The van der Waals surface area contributed by atoms with E-state index in [2.05, 4.69) is 5.32 Å². The van der Waals surface area contributed by atoms with Crippen LogP contribution in [0.1, 0.15) is 28.8 Å². The SMILES string of the molecule is CNCC1CCN(C(=O)c2ccc(C)cc2O)CC1. The number of piperidine rings is 1. The van der Waals surface area contributed by atoms with Gasteiger partial charge in [0, 0.05) is 13.1 Å². The van der Waals surface area contributed by atoms with Crippen molar-refractivity contribution in [1.29, 1.82) is 0 Å². The number of nitrogens with one attached hydrogen (secondary N) is 1. The molecule has 1 amide bonds. The number of hydrogen-bond acceptors (Lipinski definition) is 3. The lowest BCUT2D eigenvalue weighted by molar-refractivity contribution is 0.0688. The van der Waals surface area contributed by atoms with Crippen LogP contribution in [0.4, 0.5) is 0 Å². The van der Waals surface area contributed by atoms with Crippen LogP contribution in [0, 0.1) is 12.8 Å². The summed E-state index contributed by atoms with van der Waals surface area (Å²) in [5.41, 5.74) is 1.37. The first-order valence-electron chi connectivity index (χ1n) is 6.85. The van der Waals surface area contributed by atoms with Crippen LogP contribution in [0.5, 0.6) is 5.75 Å². The minimum absolute atomic E-state index is 0.0552. The Morgan fingerprint density at radius 1 is 1.42 bits per heavy atom. The number of rotatable bonds is 3. The molecule has 1 heterocycles. The maximum Gasteiger partial charge on any atom is 0.257 e. The third-order valence-corrected chi connectivity index (χ3v) is 3.78. The van der Waals surface area contributed by atoms with Crippen molar-refractivity contribution in [3.05, 3.63) is 29.3 Å². The van der Waals surface area contributed by atoms with Crippen molar-refractivity contribution >= 4 is 5.91 Å². The van der Waals surface area contributed by atoms with Crippen molar-refractivity contribution in [2.24, 2.45) is 5.92 Å². The molecule has 1 fully saturated rings. The molecule has 0 atom stereocenters. The van der Waals surface area contributed by atoms with Gasteiger partial charge in [0.15, 0.2) is 0 Å². The highest BCUT2D eigenvalue weighted by Gasteiger charge is 2.24. The number of carbonyl (C=O) groups excluding carboxylic acids is 1. The summed E-state index contributed by atoms with van der Waals surface area (Å²) in [4.78, 5) is 14.2. The molecule has 2 rings (SSSR count). The van der Waals surface area contributed by atoms with Crippen LogP contribution in [0.2, 0.25) is 0 Å². The number of hydrogen-bond donors (Lipinski definition) is 2. The van der Waals surface area contributed by atoms with Gasteiger partial charge in [-0.05, 0) is 57.0 Å². The summed E-state index contributed by atoms with van der Waals surface area (Å²) in [7, 11) is 1.96. The van der Waals surface area contributed by atoms with Crippen LogP contribution >= 0.6 is 0 Å². The van der Waals surface area contributed by atoms with Gasteiger partial charge < -0.3 is 15.3 Å². The number of nitrogens with zero attached hydrogens (tertiary/aromatic N) is 1. The molecule has 0 aromatic heterocycles. The van der Waals surface area contributed by atoms with E-state index in [1.807, 2.05) is 24.9 Å². The third-order valence-electron chi connectivity index (χ3n) is 3.78. The van der Waals surface area contributed by atoms with Crippen LogP contribution in [0.3, 0.4) is 0 Å². The molecular weight excluding hydrogens is 240 g/mol. The summed E-state index contributed by atoms with van der Waals surface area (Å²) >= 11 is 0. The largest absolute Gasteiger partial charge is 0.507 e. The Labute approximate surface area is 114 Å². The first kappa shape index (κ1) is 13.9. The number of benzene rings is 1. The maximum atomic E-state index is 12.3. The van der Waals surface area contributed by atoms with Crippen molar-refractivity contribution in [3.63, 3.8) is 0 Å². The Morgan fingerprint density at radius 3 is 2.68 bits per heavy atom. The molecule has 0 spiro atoms. The van der Waals surface area contributed by atoms with Gasteiger partial charge >= 0.3 is 0 Å². The fourth-order valence-corrected chi connectivity index (χ4v) is 2.62. The Bertz CT molecular complexity index is 451. The van der Waals surface area contributed by atoms with E-state index < -0.39 is 0 Å². The van der Waals surface area contributed by atoms with Crippen molar-refractivity contribution in [1.82, 2.24) is 10.2 Å². The van der Waals surface area contributed by atoms with Gasteiger partial charge in [-0.15, -0.1) is 0 Å². The van der Waals surface area contributed by atoms with Gasteiger partial charge in [0.2, 0.25) is 0 Å². The zero-order valence-electron chi connectivity index (χ0n) is 11.6. The molecule has 1 aliphatic heterocycles. The van der Waals surface area contributed by atoms with E-state index in [9.17, 15) is 9.90 Å². The molecule has 4 heteroatoms. The Morgan fingerprint density at radius 2 is 2.11 bits per heavy atom. The third kappa shape index (κ3) is 3.26. The summed E-state index contributed by atoms with van der Waals surface area (Å²) in [5, 5.41) is 13.1. The van der Waals surface area contributed by atoms with Crippen LogP contribution in [0.15, 0.2) is 18.2 Å². The second kappa shape index (κ2) is 6.06. The smallest absolute Gasteiger partial charge is 0.257 e. The number of likely N-dealkylation sites (tertiary alicyclic amines) is 1. The number of phenols is 1. The molecule has 0 saturated carbocycles. The summed E-state index contributed by atoms with van der Waals surface area (Å²) in [5.74, 6) is 0.684. The highest BCUT2D eigenvalue weighted by Crippen LogP contribution is 2.23. The molecule has 1 aromatic rings. The molecule has 1 aliphatic rings. The van der Waals surface area contributed by atoms with E-state index in [1.165, 1.54) is 0 Å². The van der Waals surface area contributed by atoms with Crippen molar-refractivity contribution < 1.29 is 9.90 Å². The van der Waals surface area contributed by atoms with Crippen molar-refractivity contribution in [2.45, 2.75) is 19.8 Å². The second-order valence-corrected chi connectivity index (χ2v) is 5.31. The number of aromatic hydroxyl groups is 1. The fraction of sp³-hybridized carbons (Fsp3) is 0.533. The summed E-state index contributed by atoms with van der Waals surface area (Å²) < 4.78 is 0. The predicted octanol–water partition coefficient (Wildman–Crippen LogP) is 1.77. The number of aryl methyl sites for hydroxylation is 1. The lowest BCUT2D eigenvalue weighted by Gasteiger charge is -2.32. The Kier molecular flexibility index (Phi) is 4.43. The zero-order chi connectivity index (χ0) is 13.8. The van der Waals surface area contributed by atoms with Gasteiger partial charge in [0.1, 0.15) is 5.75 Å². The second-order valence-electron chi connectivity index (χ2n) is 5.31. The lowest BCUT2D eigenvalue weighted by atomic mass is 9.96. The standard InChI is InChI=1S/C15H22N2O2/c1-11-3-4-13(14(18)9-11)15(19)17-7-5-12(6-8-17)10-16-2/h3-4,9,12,16,18H,5-8,10H2,1-2H3. The Balaban J connectivity index is 2.01. The van der Waals surface area contributed by atoms with Gasteiger partial charge in [-0.3, -0.25) is 4.79 Å². The number of phenolic OH excluding ortho intramolecular Hbond substituents is 1. The first-order chi connectivity index (χ1) is 9.11. The summed E-state index contributed by atoms with van der Waals surface area (Å²) in [6, 6.07) is 5.22. The number of amides is 1. The molecule has 1 saturated heterocycles. The van der Waals surface area contributed by atoms with Gasteiger partial charge in [-0.1, -0.05) is 6.07 Å². The van der Waals surface area contributed by atoms with Crippen molar-refractivity contribution in [3.8, 4) is 5.75 Å². The van der Waals surface area contributed by atoms with E-state index in [0.717, 1.165) is 38.0 Å². The molecule has 0 unspecified atom stereocenters. The van der Waals surface area contributed by atoms with Gasteiger partial charge in [-0.25, -0.2) is 0 Å². The minimum Gasteiger partial charge on any atom is -0.507 e. The van der Waals surface area contributed by atoms with Crippen LogP contribution < -0.4 is 5.32 Å². The monoisotopic (exact) mass is 262 g/mol. The van der Waals surface area contributed by atoms with Gasteiger partial charge in [0.05, 0.1) is 5.56 Å². The quantitative estimate of drug-likeness (QED) is 0.873. The average molecular weight is 262 g/mol. The normalized spacial score (nSPS) is 16.6. The highest BCUT2D eigenvalue weighted by atomic mass is 16.3. The molecule has 1 aromatic carbocycles. The van der Waals surface area contributed by atoms with E-state index in [1.54, 1.807) is 12.1 Å². The maximum absolute atomic E-state index is 12.3. The van der Waals surface area contributed by atoms with Gasteiger partial charge in [0.25, 0.3) is 5.91 Å². The molecular formula is C15H22N2O2. The fourth-order valence-electron chi connectivity index (χ4n) is 2.62. The van der Waals surface area contributed by atoms with E-state index in [-0.39, 0.29) is 11.7 Å². The molecule has 0 aliphatic carbocycles. The predicted molar refractivity (Wildman–Crippen MR) is 75.4 cm³/mol. The summed E-state index contributed by atoms with van der Waals surface area (Å²) in [6.07, 6.45) is 2.05. The lowest BCUT2D eigenvalue weighted by Crippen LogP contribution is -2.40. The molecule has 0 bridgehead atoms. The van der Waals surface area contributed by atoms with Crippen LogP contribution in [0.25, 0.3) is 0 Å². The van der Waals surface area contributed by atoms with Crippen LogP contribution in [-0.2, 0) is 0 Å². The molecule has 0 radical (unpaired) electrons.